The molecule has 6 nitrogen and oxygen atoms in total. The summed E-state index contributed by atoms with van der Waals surface area (Å²) in [7, 11) is 1.65. The minimum Gasteiger partial charge on any atom is -0.383 e. The van der Waals surface area contributed by atoms with Crippen molar-refractivity contribution in [3.63, 3.8) is 0 Å². The third-order valence-electron chi connectivity index (χ3n) is 3.06. The first-order chi connectivity index (χ1) is 11.1. The van der Waals surface area contributed by atoms with E-state index in [9.17, 15) is 4.79 Å². The Kier molecular flexibility index (Phi) is 6.82. The molecule has 0 spiro atoms. The molecule has 0 aliphatic rings. The molecule has 0 saturated heterocycles. The van der Waals surface area contributed by atoms with Crippen LogP contribution in [0, 0.1) is 13.8 Å². The average molecular weight is 352 g/mol. The van der Waals surface area contributed by atoms with Crippen LogP contribution in [-0.4, -0.2) is 42.1 Å². The molecule has 0 aliphatic carbocycles. The number of nitrogens with one attached hydrogen (secondary N) is 2. The number of aryl methyl sites for hydroxylation is 2. The van der Waals surface area contributed by atoms with Gasteiger partial charge in [0.05, 0.1) is 12.4 Å². The van der Waals surface area contributed by atoms with Gasteiger partial charge in [0, 0.05) is 19.3 Å². The maximum absolute atomic E-state index is 12.1. The van der Waals surface area contributed by atoms with Crippen molar-refractivity contribution >= 4 is 39.8 Å². The van der Waals surface area contributed by atoms with Crippen molar-refractivity contribution in [1.29, 1.82) is 0 Å². The van der Waals surface area contributed by atoms with Gasteiger partial charge in [-0.3, -0.25) is 4.79 Å². The summed E-state index contributed by atoms with van der Waals surface area (Å²) < 4.78 is 5.73. The van der Waals surface area contributed by atoms with Gasteiger partial charge in [0.15, 0.2) is 4.34 Å². The summed E-state index contributed by atoms with van der Waals surface area (Å²) in [5, 5.41) is 14.9. The molecule has 0 aliphatic heterocycles. The van der Waals surface area contributed by atoms with Crippen molar-refractivity contribution in [3.8, 4) is 0 Å². The van der Waals surface area contributed by atoms with Gasteiger partial charge >= 0.3 is 0 Å². The molecule has 2 N–H and O–H groups in total. The van der Waals surface area contributed by atoms with E-state index in [4.69, 9.17) is 4.74 Å². The highest BCUT2D eigenvalue weighted by atomic mass is 32.2. The molecule has 23 heavy (non-hydrogen) atoms. The lowest BCUT2D eigenvalue weighted by Crippen LogP contribution is -2.15. The van der Waals surface area contributed by atoms with E-state index in [2.05, 4.69) is 20.8 Å². The van der Waals surface area contributed by atoms with Crippen molar-refractivity contribution in [2.45, 2.75) is 18.2 Å². The molecule has 0 atom stereocenters. The number of benzene rings is 1. The molecule has 2 rings (SSSR count). The van der Waals surface area contributed by atoms with Crippen LogP contribution in [0.2, 0.25) is 0 Å². The van der Waals surface area contributed by atoms with Crippen molar-refractivity contribution in [1.82, 2.24) is 10.2 Å². The molecule has 1 aromatic carbocycles. The van der Waals surface area contributed by atoms with Crippen LogP contribution in [-0.2, 0) is 9.53 Å². The zero-order valence-corrected chi connectivity index (χ0v) is 15.0. The highest BCUT2D eigenvalue weighted by Gasteiger charge is 2.10. The molecule has 0 radical (unpaired) electrons. The minimum absolute atomic E-state index is 0.0449. The Morgan fingerprint density at radius 3 is 2.74 bits per heavy atom. The first-order valence-corrected chi connectivity index (χ1v) is 8.95. The molecule has 1 amide bonds. The molecule has 0 bridgehead atoms. The van der Waals surface area contributed by atoms with Crippen molar-refractivity contribution < 1.29 is 9.53 Å². The van der Waals surface area contributed by atoms with Crippen LogP contribution in [0.5, 0.6) is 0 Å². The topological polar surface area (TPSA) is 76.1 Å². The Labute approximate surface area is 144 Å². The third kappa shape index (κ3) is 5.49. The Hall–Kier alpha value is -1.64. The van der Waals surface area contributed by atoms with Gasteiger partial charge in [0.2, 0.25) is 11.0 Å². The van der Waals surface area contributed by atoms with Crippen LogP contribution >= 0.6 is 23.1 Å². The quantitative estimate of drug-likeness (QED) is 0.562. The zero-order chi connectivity index (χ0) is 16.7. The summed E-state index contributed by atoms with van der Waals surface area (Å²) in [4.78, 5) is 12.1. The molecule has 2 aromatic rings. The number of anilines is 2. The Balaban J connectivity index is 1.82. The number of thioether (sulfide) groups is 1. The average Bonchev–Trinajstić information content (AvgIpc) is 2.97. The smallest absolute Gasteiger partial charge is 0.234 e. The molecule has 0 unspecified atom stereocenters. The first-order valence-electron chi connectivity index (χ1n) is 7.15. The lowest BCUT2D eigenvalue weighted by molar-refractivity contribution is -0.113. The molecule has 0 saturated carbocycles. The van der Waals surface area contributed by atoms with Crippen LogP contribution in [0.3, 0.4) is 0 Å². The monoisotopic (exact) mass is 352 g/mol. The molecular weight excluding hydrogens is 332 g/mol. The normalized spacial score (nSPS) is 10.6. The fourth-order valence-electron chi connectivity index (χ4n) is 1.91. The van der Waals surface area contributed by atoms with Gasteiger partial charge in [0.25, 0.3) is 0 Å². The number of hydrogen-bond donors (Lipinski definition) is 2. The van der Waals surface area contributed by atoms with Gasteiger partial charge < -0.3 is 15.4 Å². The SMILES string of the molecule is COCCNc1nnc(SCC(=O)Nc2c(C)cccc2C)s1. The predicted octanol–water partition coefficient (Wildman–Crippen LogP) is 2.94. The number of rotatable bonds is 8. The van der Waals surface area contributed by atoms with Gasteiger partial charge in [-0.25, -0.2) is 0 Å². The van der Waals surface area contributed by atoms with Crippen LogP contribution in [0.4, 0.5) is 10.8 Å². The highest BCUT2D eigenvalue weighted by Crippen LogP contribution is 2.26. The van der Waals surface area contributed by atoms with Gasteiger partial charge in [-0.1, -0.05) is 41.3 Å². The van der Waals surface area contributed by atoms with Crippen molar-refractivity contribution in [2.75, 3.05) is 36.6 Å². The number of amides is 1. The Morgan fingerprint density at radius 1 is 1.30 bits per heavy atom. The summed E-state index contributed by atoms with van der Waals surface area (Å²) in [5.41, 5.74) is 3.00. The number of aromatic nitrogens is 2. The molecule has 8 heteroatoms. The molecule has 1 heterocycles. The summed E-state index contributed by atoms with van der Waals surface area (Å²) in [6, 6.07) is 5.95. The largest absolute Gasteiger partial charge is 0.383 e. The van der Waals surface area contributed by atoms with Crippen LogP contribution < -0.4 is 10.6 Å². The second kappa shape index (κ2) is 8.85. The van der Waals surface area contributed by atoms with Crippen LogP contribution in [0.1, 0.15) is 11.1 Å². The zero-order valence-electron chi connectivity index (χ0n) is 13.4. The maximum Gasteiger partial charge on any atom is 0.234 e. The summed E-state index contributed by atoms with van der Waals surface area (Å²) >= 11 is 2.81. The van der Waals surface area contributed by atoms with E-state index in [0.717, 1.165) is 26.3 Å². The molecule has 1 aromatic heterocycles. The van der Waals surface area contributed by atoms with E-state index in [-0.39, 0.29) is 5.91 Å². The number of carbonyl (C=O) groups is 1. The standard InChI is InChI=1S/C15H20N4O2S2/c1-10-5-4-6-11(2)13(10)17-12(20)9-22-15-19-18-14(23-15)16-7-8-21-3/h4-6H,7-9H2,1-3H3,(H,16,18)(H,17,20). The van der Waals surface area contributed by atoms with E-state index in [1.165, 1.54) is 23.1 Å². The Morgan fingerprint density at radius 2 is 2.04 bits per heavy atom. The van der Waals surface area contributed by atoms with E-state index in [1.807, 2.05) is 32.0 Å². The van der Waals surface area contributed by atoms with Crippen molar-refractivity contribution in [2.24, 2.45) is 0 Å². The number of hydrogen-bond acceptors (Lipinski definition) is 7. The summed E-state index contributed by atoms with van der Waals surface area (Å²) in [6.45, 7) is 5.26. The fraction of sp³-hybridized carbons (Fsp3) is 0.400. The Bertz CT molecular complexity index is 640. The number of carbonyl (C=O) groups excluding carboxylic acids is 1. The molecular formula is C15H20N4O2S2. The van der Waals surface area contributed by atoms with E-state index >= 15 is 0 Å². The third-order valence-corrected chi connectivity index (χ3v) is 5.08. The second-order valence-electron chi connectivity index (χ2n) is 4.90. The van der Waals surface area contributed by atoms with E-state index < -0.39 is 0 Å². The van der Waals surface area contributed by atoms with E-state index in [1.54, 1.807) is 7.11 Å². The lowest BCUT2D eigenvalue weighted by Gasteiger charge is -2.10. The van der Waals surface area contributed by atoms with Crippen LogP contribution in [0.25, 0.3) is 0 Å². The number of methoxy groups -OCH3 is 1. The molecule has 124 valence electrons. The van der Waals surface area contributed by atoms with Crippen LogP contribution in [0.15, 0.2) is 22.5 Å². The van der Waals surface area contributed by atoms with E-state index in [0.29, 0.717) is 18.9 Å². The maximum atomic E-state index is 12.1. The van der Waals surface area contributed by atoms with Gasteiger partial charge in [0.1, 0.15) is 0 Å². The van der Waals surface area contributed by atoms with Gasteiger partial charge in [-0.2, -0.15) is 0 Å². The highest BCUT2D eigenvalue weighted by molar-refractivity contribution is 8.01. The number of para-hydroxylation sites is 1. The molecule has 0 fully saturated rings. The fourth-order valence-corrected chi connectivity index (χ4v) is 3.49. The summed E-state index contributed by atoms with van der Waals surface area (Å²) in [6.07, 6.45) is 0. The van der Waals surface area contributed by atoms with Gasteiger partial charge in [-0.05, 0) is 25.0 Å². The number of ether oxygens (including phenoxy) is 1. The first kappa shape index (κ1) is 17.7. The minimum atomic E-state index is -0.0449. The summed E-state index contributed by atoms with van der Waals surface area (Å²) in [5.74, 6) is 0.261. The van der Waals surface area contributed by atoms with Crippen molar-refractivity contribution in [3.05, 3.63) is 29.3 Å². The second-order valence-corrected chi connectivity index (χ2v) is 7.10. The number of nitrogens with zero attached hydrogens (tertiary/aromatic N) is 2. The predicted molar refractivity (Wildman–Crippen MR) is 95.5 cm³/mol. The lowest BCUT2D eigenvalue weighted by atomic mass is 10.1. The van der Waals surface area contributed by atoms with Gasteiger partial charge in [-0.15, -0.1) is 10.2 Å².